The highest BCUT2D eigenvalue weighted by Gasteiger charge is 2.24. The molecule has 1 rings (SSSR count). The monoisotopic (exact) mass is 344 g/mol. The van der Waals surface area contributed by atoms with Crippen molar-refractivity contribution in [3.8, 4) is 0 Å². The van der Waals surface area contributed by atoms with Crippen LogP contribution >= 0.6 is 15.9 Å². The van der Waals surface area contributed by atoms with E-state index in [0.717, 1.165) is 7.11 Å². The molecule has 7 nitrogen and oxygen atoms in total. The van der Waals surface area contributed by atoms with E-state index in [4.69, 9.17) is 10.8 Å². The van der Waals surface area contributed by atoms with E-state index in [0.29, 0.717) is 4.47 Å². The molecule has 0 spiro atoms. The van der Waals surface area contributed by atoms with Crippen molar-refractivity contribution < 1.29 is 24.2 Å². The summed E-state index contributed by atoms with van der Waals surface area (Å²) in [5, 5.41) is 11.2. The first-order valence-electron chi connectivity index (χ1n) is 5.50. The molecule has 1 amide bonds. The number of nitrogens with two attached hydrogens (primary N) is 1. The van der Waals surface area contributed by atoms with Gasteiger partial charge in [-0.2, -0.15) is 0 Å². The Labute approximate surface area is 123 Å². The minimum Gasteiger partial charge on any atom is -0.480 e. The number of carboxylic acids is 1. The summed E-state index contributed by atoms with van der Waals surface area (Å²) in [5.41, 5.74) is 5.99. The molecule has 0 aromatic heterocycles. The summed E-state index contributed by atoms with van der Waals surface area (Å²) in [6.07, 6.45) is -0.464. The maximum atomic E-state index is 11.9. The Balaban J connectivity index is 2.85. The first-order valence-corrected chi connectivity index (χ1v) is 6.30. The van der Waals surface area contributed by atoms with E-state index in [9.17, 15) is 14.4 Å². The smallest absolute Gasteiger partial charge is 0.326 e. The van der Waals surface area contributed by atoms with Crippen molar-refractivity contribution >= 4 is 39.5 Å². The van der Waals surface area contributed by atoms with E-state index >= 15 is 0 Å². The van der Waals surface area contributed by atoms with Crippen LogP contribution in [0.3, 0.4) is 0 Å². The third-order valence-corrected chi connectivity index (χ3v) is 2.95. The summed E-state index contributed by atoms with van der Waals surface area (Å²) in [6.45, 7) is 0. The summed E-state index contributed by atoms with van der Waals surface area (Å²) in [4.78, 5) is 34.0. The van der Waals surface area contributed by atoms with Crippen LogP contribution < -0.4 is 11.1 Å². The lowest BCUT2D eigenvalue weighted by molar-refractivity contribution is -0.147. The minimum absolute atomic E-state index is 0.129. The Morgan fingerprint density at radius 2 is 2.10 bits per heavy atom. The highest BCUT2D eigenvalue weighted by atomic mass is 79.9. The van der Waals surface area contributed by atoms with Crippen LogP contribution in [0.15, 0.2) is 22.7 Å². The normalized spacial score (nSPS) is 11.5. The number of ether oxygens (including phenoxy) is 1. The fourth-order valence-electron chi connectivity index (χ4n) is 1.43. The standard InChI is InChI=1S/C12H13BrN2O5/c1-20-10(16)5-9(12(18)19)15-11(17)7-3-2-6(13)4-8(7)14/h2-4,9H,5,14H2,1H3,(H,15,17)(H,18,19)/t9-/m0/s1. The van der Waals surface area contributed by atoms with Gasteiger partial charge in [0.15, 0.2) is 0 Å². The molecule has 0 aliphatic carbocycles. The second-order valence-electron chi connectivity index (χ2n) is 3.88. The van der Waals surface area contributed by atoms with E-state index in [1.54, 1.807) is 6.07 Å². The molecular weight excluding hydrogens is 332 g/mol. The predicted octanol–water partition coefficient (Wildman–Crippen LogP) is 0.777. The van der Waals surface area contributed by atoms with E-state index in [1.165, 1.54) is 12.1 Å². The van der Waals surface area contributed by atoms with Crippen molar-refractivity contribution in [3.05, 3.63) is 28.2 Å². The number of hydrogen-bond acceptors (Lipinski definition) is 5. The third-order valence-electron chi connectivity index (χ3n) is 2.46. The molecule has 20 heavy (non-hydrogen) atoms. The lowest BCUT2D eigenvalue weighted by Crippen LogP contribution is -2.42. The number of rotatable bonds is 5. The van der Waals surface area contributed by atoms with Crippen LogP contribution in [0.25, 0.3) is 0 Å². The van der Waals surface area contributed by atoms with Crippen LogP contribution in [0.5, 0.6) is 0 Å². The Bertz CT molecular complexity index is 547. The number of carboxylic acid groups (broad SMARTS) is 1. The molecule has 0 aliphatic heterocycles. The first-order chi connectivity index (χ1) is 9.35. The summed E-state index contributed by atoms with van der Waals surface area (Å²) < 4.78 is 5.06. The number of halogens is 1. The van der Waals surface area contributed by atoms with Gasteiger partial charge in [-0.1, -0.05) is 15.9 Å². The van der Waals surface area contributed by atoms with Gasteiger partial charge in [-0.3, -0.25) is 9.59 Å². The largest absolute Gasteiger partial charge is 0.480 e. The molecule has 0 fully saturated rings. The van der Waals surface area contributed by atoms with Gasteiger partial charge < -0.3 is 20.9 Å². The van der Waals surface area contributed by atoms with Gasteiger partial charge in [0.05, 0.1) is 19.1 Å². The number of hydrogen-bond donors (Lipinski definition) is 3. The van der Waals surface area contributed by atoms with Gasteiger partial charge in [0, 0.05) is 10.2 Å². The van der Waals surface area contributed by atoms with Crippen molar-refractivity contribution in [2.45, 2.75) is 12.5 Å². The molecule has 108 valence electrons. The number of nitrogens with one attached hydrogen (secondary N) is 1. The highest BCUT2D eigenvalue weighted by molar-refractivity contribution is 9.10. The summed E-state index contributed by atoms with van der Waals surface area (Å²) >= 11 is 3.19. The van der Waals surface area contributed by atoms with Gasteiger partial charge in [-0.25, -0.2) is 4.79 Å². The predicted molar refractivity (Wildman–Crippen MR) is 74.1 cm³/mol. The van der Waals surface area contributed by atoms with Crippen molar-refractivity contribution in [3.63, 3.8) is 0 Å². The van der Waals surface area contributed by atoms with E-state index in [2.05, 4.69) is 26.0 Å². The summed E-state index contributed by atoms with van der Waals surface area (Å²) in [7, 11) is 1.13. The molecule has 0 aliphatic rings. The molecular formula is C12H13BrN2O5. The molecule has 1 aromatic rings. The molecule has 0 saturated heterocycles. The number of carbonyl (C=O) groups is 3. The average molecular weight is 345 g/mol. The molecule has 0 unspecified atom stereocenters. The molecule has 0 saturated carbocycles. The Kier molecular flexibility index (Phi) is 5.51. The number of carbonyl (C=O) groups excluding carboxylic acids is 2. The van der Waals surface area contributed by atoms with Crippen LogP contribution in [-0.2, 0) is 14.3 Å². The van der Waals surface area contributed by atoms with Crippen molar-refractivity contribution in [1.29, 1.82) is 0 Å². The number of methoxy groups -OCH3 is 1. The second kappa shape index (κ2) is 6.90. The minimum atomic E-state index is -1.38. The lowest BCUT2D eigenvalue weighted by Gasteiger charge is -2.14. The Hall–Kier alpha value is -2.09. The molecule has 1 atom stereocenters. The second-order valence-corrected chi connectivity index (χ2v) is 4.79. The molecule has 0 heterocycles. The SMILES string of the molecule is COC(=O)C[C@H](NC(=O)c1ccc(Br)cc1N)C(=O)O. The van der Waals surface area contributed by atoms with Gasteiger partial charge in [0.1, 0.15) is 6.04 Å². The number of esters is 1. The zero-order chi connectivity index (χ0) is 15.3. The lowest BCUT2D eigenvalue weighted by atomic mass is 10.1. The van der Waals surface area contributed by atoms with Gasteiger partial charge in [0.2, 0.25) is 0 Å². The van der Waals surface area contributed by atoms with Crippen molar-refractivity contribution in [2.75, 3.05) is 12.8 Å². The van der Waals surface area contributed by atoms with Gasteiger partial charge in [0.25, 0.3) is 5.91 Å². The molecule has 4 N–H and O–H groups in total. The fraction of sp³-hybridized carbons (Fsp3) is 0.250. The van der Waals surface area contributed by atoms with Crippen LogP contribution in [0.2, 0.25) is 0 Å². The van der Waals surface area contributed by atoms with Crippen LogP contribution in [0.4, 0.5) is 5.69 Å². The fourth-order valence-corrected chi connectivity index (χ4v) is 1.81. The number of anilines is 1. The average Bonchev–Trinajstić information content (AvgIpc) is 2.37. The zero-order valence-corrected chi connectivity index (χ0v) is 12.1. The summed E-state index contributed by atoms with van der Waals surface area (Å²) in [5.74, 6) is -2.74. The van der Waals surface area contributed by atoms with Crippen molar-refractivity contribution in [2.24, 2.45) is 0 Å². The highest BCUT2D eigenvalue weighted by Crippen LogP contribution is 2.18. The molecule has 1 aromatic carbocycles. The van der Waals surface area contributed by atoms with Gasteiger partial charge in [-0.15, -0.1) is 0 Å². The maximum absolute atomic E-state index is 11.9. The third kappa shape index (κ3) is 4.23. The van der Waals surface area contributed by atoms with E-state index in [-0.39, 0.29) is 11.3 Å². The van der Waals surface area contributed by atoms with Crippen molar-refractivity contribution in [1.82, 2.24) is 5.32 Å². The number of nitrogen functional groups attached to an aromatic ring is 1. The molecule has 8 heteroatoms. The maximum Gasteiger partial charge on any atom is 0.326 e. The van der Waals surface area contributed by atoms with E-state index in [1.807, 2.05) is 0 Å². The quantitative estimate of drug-likeness (QED) is 0.536. The molecule has 0 bridgehead atoms. The van der Waals surface area contributed by atoms with Crippen LogP contribution in [0.1, 0.15) is 16.8 Å². The number of benzene rings is 1. The Morgan fingerprint density at radius 1 is 1.45 bits per heavy atom. The molecule has 0 radical (unpaired) electrons. The first kappa shape index (κ1) is 16.0. The topological polar surface area (TPSA) is 119 Å². The van der Waals surface area contributed by atoms with Crippen LogP contribution in [-0.4, -0.2) is 36.1 Å². The summed E-state index contributed by atoms with van der Waals surface area (Å²) in [6, 6.07) is 3.19. The number of amides is 1. The van der Waals surface area contributed by atoms with Crippen LogP contribution in [0, 0.1) is 0 Å². The number of aliphatic carboxylic acids is 1. The van der Waals surface area contributed by atoms with Gasteiger partial charge >= 0.3 is 11.9 Å². The zero-order valence-electron chi connectivity index (χ0n) is 10.6. The Morgan fingerprint density at radius 3 is 2.60 bits per heavy atom. The van der Waals surface area contributed by atoms with Gasteiger partial charge in [-0.05, 0) is 18.2 Å². The van der Waals surface area contributed by atoms with E-state index < -0.39 is 30.3 Å².